The molecule has 25 heavy (non-hydrogen) atoms. The molecular formula is C21H28N2O2. The summed E-state index contributed by atoms with van der Waals surface area (Å²) in [5, 5.41) is 0. The first kappa shape index (κ1) is 19.0. The van der Waals surface area contributed by atoms with Gasteiger partial charge in [0, 0.05) is 13.1 Å². The van der Waals surface area contributed by atoms with Gasteiger partial charge >= 0.3 is 0 Å². The van der Waals surface area contributed by atoms with Crippen LogP contribution in [0.2, 0.25) is 0 Å². The monoisotopic (exact) mass is 340 g/mol. The van der Waals surface area contributed by atoms with E-state index in [2.05, 4.69) is 13.8 Å². The van der Waals surface area contributed by atoms with E-state index in [1.807, 2.05) is 59.5 Å². The Labute approximate surface area is 150 Å². The van der Waals surface area contributed by atoms with Gasteiger partial charge in [-0.25, -0.2) is 0 Å². The van der Waals surface area contributed by atoms with Gasteiger partial charge in [-0.05, 0) is 36.6 Å². The Morgan fingerprint density at radius 1 is 1.08 bits per heavy atom. The number of carbonyl (C=O) groups is 1. The smallest absolute Gasteiger partial charge is 0.257 e. The summed E-state index contributed by atoms with van der Waals surface area (Å²) in [5.74, 6) is 1.03. The van der Waals surface area contributed by atoms with Crippen LogP contribution in [0.1, 0.15) is 36.2 Å². The molecule has 0 spiro atoms. The Morgan fingerprint density at radius 3 is 2.44 bits per heavy atom. The highest BCUT2D eigenvalue weighted by Gasteiger charge is 2.20. The first-order chi connectivity index (χ1) is 12.1. The first-order valence-corrected chi connectivity index (χ1v) is 8.87. The van der Waals surface area contributed by atoms with Gasteiger partial charge in [0.15, 0.2) is 0 Å². The van der Waals surface area contributed by atoms with Gasteiger partial charge in [-0.15, -0.1) is 0 Å². The zero-order chi connectivity index (χ0) is 18.1. The van der Waals surface area contributed by atoms with Crippen molar-refractivity contribution in [1.29, 1.82) is 0 Å². The number of hydrogen-bond acceptors (Lipinski definition) is 3. The predicted octanol–water partition coefficient (Wildman–Crippen LogP) is 3.71. The molecule has 0 aliphatic heterocycles. The first-order valence-electron chi connectivity index (χ1n) is 8.87. The molecule has 4 nitrogen and oxygen atoms in total. The highest BCUT2D eigenvalue weighted by molar-refractivity contribution is 5.97. The molecule has 0 aliphatic carbocycles. The van der Waals surface area contributed by atoms with Crippen LogP contribution in [-0.4, -0.2) is 30.4 Å². The maximum atomic E-state index is 13.0. The van der Waals surface area contributed by atoms with Crippen LogP contribution in [0.5, 0.6) is 5.75 Å². The lowest BCUT2D eigenvalue weighted by atomic mass is 10.1. The molecule has 0 aliphatic rings. The van der Waals surface area contributed by atoms with Crippen LogP contribution in [0.4, 0.5) is 0 Å². The molecular weight excluding hydrogens is 312 g/mol. The van der Waals surface area contributed by atoms with Crippen molar-refractivity contribution in [2.45, 2.75) is 26.9 Å². The second kappa shape index (κ2) is 9.84. The minimum atomic E-state index is 0.00538. The fourth-order valence-corrected chi connectivity index (χ4v) is 2.67. The molecule has 134 valence electrons. The number of rotatable bonds is 9. The van der Waals surface area contributed by atoms with E-state index in [9.17, 15) is 4.79 Å². The van der Waals surface area contributed by atoms with Gasteiger partial charge in [0.05, 0.1) is 5.56 Å². The average Bonchev–Trinajstić information content (AvgIpc) is 2.63. The van der Waals surface area contributed by atoms with E-state index in [4.69, 9.17) is 10.5 Å². The molecule has 2 N–H and O–H groups in total. The van der Waals surface area contributed by atoms with Crippen molar-refractivity contribution < 1.29 is 9.53 Å². The third kappa shape index (κ3) is 5.91. The number of benzene rings is 2. The summed E-state index contributed by atoms with van der Waals surface area (Å²) in [5.41, 5.74) is 7.31. The summed E-state index contributed by atoms with van der Waals surface area (Å²) >= 11 is 0. The number of hydrogen-bond donors (Lipinski definition) is 1. The van der Waals surface area contributed by atoms with Gasteiger partial charge in [0.1, 0.15) is 12.4 Å². The SMILES string of the molecule is CC(C)CN(CCCN)C(=O)c1ccccc1OCc1ccccc1. The largest absolute Gasteiger partial charge is 0.488 e. The molecule has 0 aromatic heterocycles. The Kier molecular flexibility index (Phi) is 7.48. The van der Waals surface area contributed by atoms with Gasteiger partial charge in [0.2, 0.25) is 0 Å². The van der Waals surface area contributed by atoms with Crippen LogP contribution < -0.4 is 10.5 Å². The minimum Gasteiger partial charge on any atom is -0.488 e. The molecule has 0 saturated carbocycles. The highest BCUT2D eigenvalue weighted by Crippen LogP contribution is 2.22. The normalized spacial score (nSPS) is 10.7. The van der Waals surface area contributed by atoms with Gasteiger partial charge in [0.25, 0.3) is 5.91 Å². The minimum absolute atomic E-state index is 0.00538. The Hall–Kier alpha value is -2.33. The van der Waals surface area contributed by atoms with Gasteiger partial charge in [-0.3, -0.25) is 4.79 Å². The molecule has 2 rings (SSSR count). The Bertz CT molecular complexity index is 656. The predicted molar refractivity (Wildman–Crippen MR) is 102 cm³/mol. The molecule has 0 saturated heterocycles. The second-order valence-electron chi connectivity index (χ2n) is 6.56. The Balaban J connectivity index is 2.14. The summed E-state index contributed by atoms with van der Waals surface area (Å²) in [6.07, 6.45) is 0.797. The topological polar surface area (TPSA) is 55.6 Å². The molecule has 0 heterocycles. The van der Waals surface area contributed by atoms with Crippen LogP contribution in [0, 0.1) is 5.92 Å². The van der Waals surface area contributed by atoms with E-state index in [0.717, 1.165) is 12.0 Å². The second-order valence-corrected chi connectivity index (χ2v) is 6.56. The lowest BCUT2D eigenvalue weighted by Crippen LogP contribution is -2.36. The maximum Gasteiger partial charge on any atom is 0.257 e. The molecule has 0 fully saturated rings. The van der Waals surface area contributed by atoms with Crippen LogP contribution >= 0.6 is 0 Å². The molecule has 2 aromatic rings. The molecule has 0 bridgehead atoms. The highest BCUT2D eigenvalue weighted by atomic mass is 16.5. The summed E-state index contributed by atoms with van der Waals surface area (Å²) in [4.78, 5) is 14.9. The molecule has 0 radical (unpaired) electrons. The number of carbonyl (C=O) groups excluding carboxylic acids is 1. The van der Waals surface area contributed by atoms with Gasteiger partial charge in [-0.1, -0.05) is 56.3 Å². The molecule has 0 unspecified atom stereocenters. The third-order valence-electron chi connectivity index (χ3n) is 3.86. The molecule has 2 aromatic carbocycles. The lowest BCUT2D eigenvalue weighted by Gasteiger charge is -2.25. The molecule has 4 heteroatoms. The van der Waals surface area contributed by atoms with Crippen molar-refractivity contribution in [2.24, 2.45) is 11.7 Å². The molecule has 0 atom stereocenters. The van der Waals surface area contributed by atoms with E-state index in [1.165, 1.54) is 0 Å². The van der Waals surface area contributed by atoms with Crippen molar-refractivity contribution in [1.82, 2.24) is 4.90 Å². The average molecular weight is 340 g/mol. The summed E-state index contributed by atoms with van der Waals surface area (Å²) in [7, 11) is 0. The number of nitrogens with zero attached hydrogens (tertiary/aromatic N) is 1. The number of ether oxygens (including phenoxy) is 1. The van der Waals surface area contributed by atoms with Crippen molar-refractivity contribution in [2.75, 3.05) is 19.6 Å². The van der Waals surface area contributed by atoms with E-state index in [0.29, 0.717) is 43.5 Å². The fourth-order valence-electron chi connectivity index (χ4n) is 2.67. The zero-order valence-electron chi connectivity index (χ0n) is 15.2. The lowest BCUT2D eigenvalue weighted by molar-refractivity contribution is 0.0730. The third-order valence-corrected chi connectivity index (χ3v) is 3.86. The zero-order valence-corrected chi connectivity index (χ0v) is 15.2. The Morgan fingerprint density at radius 2 is 1.76 bits per heavy atom. The summed E-state index contributed by atoms with van der Waals surface area (Å²) in [6, 6.07) is 17.4. The van der Waals surface area contributed by atoms with E-state index < -0.39 is 0 Å². The van der Waals surface area contributed by atoms with Gasteiger partial charge in [-0.2, -0.15) is 0 Å². The van der Waals surface area contributed by atoms with Crippen LogP contribution in [-0.2, 0) is 6.61 Å². The summed E-state index contributed by atoms with van der Waals surface area (Å²) < 4.78 is 5.93. The quantitative estimate of drug-likeness (QED) is 0.757. The maximum absolute atomic E-state index is 13.0. The van der Waals surface area contributed by atoms with E-state index in [1.54, 1.807) is 0 Å². The number of para-hydroxylation sites is 1. The van der Waals surface area contributed by atoms with E-state index >= 15 is 0 Å². The van der Waals surface area contributed by atoms with E-state index in [-0.39, 0.29) is 5.91 Å². The van der Waals surface area contributed by atoms with Crippen LogP contribution in [0.15, 0.2) is 54.6 Å². The van der Waals surface area contributed by atoms with Crippen LogP contribution in [0.25, 0.3) is 0 Å². The standard InChI is InChI=1S/C21H28N2O2/c1-17(2)15-23(14-8-13-22)21(24)19-11-6-7-12-20(19)25-16-18-9-4-3-5-10-18/h3-7,9-12,17H,8,13-16,22H2,1-2H3. The number of nitrogens with two attached hydrogens (primary N) is 1. The summed E-state index contributed by atoms with van der Waals surface area (Å²) in [6.45, 7) is 6.62. The fraction of sp³-hybridized carbons (Fsp3) is 0.381. The van der Waals surface area contributed by atoms with Crippen molar-refractivity contribution in [3.8, 4) is 5.75 Å². The van der Waals surface area contributed by atoms with Crippen molar-refractivity contribution in [3.63, 3.8) is 0 Å². The van der Waals surface area contributed by atoms with Gasteiger partial charge < -0.3 is 15.4 Å². The van der Waals surface area contributed by atoms with Crippen molar-refractivity contribution in [3.05, 3.63) is 65.7 Å². The van der Waals surface area contributed by atoms with Crippen molar-refractivity contribution >= 4 is 5.91 Å². The number of amides is 1. The molecule has 1 amide bonds. The van der Waals surface area contributed by atoms with Crippen LogP contribution in [0.3, 0.4) is 0 Å².